The van der Waals surface area contributed by atoms with Crippen molar-refractivity contribution >= 4 is 5.97 Å². The molecule has 0 bridgehead atoms. The first-order chi connectivity index (χ1) is 11.5. The van der Waals surface area contributed by atoms with Gasteiger partial charge in [-0.3, -0.25) is 19.1 Å². The summed E-state index contributed by atoms with van der Waals surface area (Å²) in [7, 11) is 1.24. The molecule has 2 rings (SSSR count). The molecule has 2 N–H and O–H groups in total. The number of methoxy groups -OCH3 is 1. The van der Waals surface area contributed by atoms with Crippen LogP contribution < -0.4 is 11.2 Å². The highest BCUT2D eigenvalue weighted by atomic mass is 16.5. The average molecular weight is 339 g/mol. The second-order valence-electron chi connectivity index (χ2n) is 5.22. The Morgan fingerprint density at radius 3 is 3.00 bits per heavy atom. The Morgan fingerprint density at radius 2 is 2.38 bits per heavy atom. The number of aliphatic hydroxyl groups excluding tert-OH is 1. The molecule has 11 heteroatoms. The van der Waals surface area contributed by atoms with Crippen LogP contribution in [0.1, 0.15) is 24.6 Å². The second kappa shape index (κ2) is 7.77. The van der Waals surface area contributed by atoms with Gasteiger partial charge in [0.15, 0.2) is 0 Å². The first kappa shape index (κ1) is 17.7. The largest absolute Gasteiger partial charge is 0.469 e. The van der Waals surface area contributed by atoms with Crippen molar-refractivity contribution in [3.63, 3.8) is 0 Å². The monoisotopic (exact) mass is 339 g/mol. The molecule has 1 unspecified atom stereocenters. The lowest BCUT2D eigenvalue weighted by Crippen LogP contribution is -2.34. The Kier molecular flexibility index (Phi) is 5.74. The van der Waals surface area contributed by atoms with E-state index >= 15 is 0 Å². The van der Waals surface area contributed by atoms with Gasteiger partial charge in [-0.1, -0.05) is 5.11 Å². The number of aromatic amines is 1. The lowest BCUT2D eigenvalue weighted by molar-refractivity contribution is -0.140. The van der Waals surface area contributed by atoms with Gasteiger partial charge in [-0.15, -0.1) is 0 Å². The zero-order valence-corrected chi connectivity index (χ0v) is 12.9. The number of azide groups is 1. The molecule has 0 radical (unpaired) electrons. The quantitative estimate of drug-likeness (QED) is 0.310. The van der Waals surface area contributed by atoms with Crippen LogP contribution in [0.3, 0.4) is 0 Å². The predicted octanol–water partition coefficient (Wildman–Crippen LogP) is -0.399. The van der Waals surface area contributed by atoms with Crippen LogP contribution in [0.5, 0.6) is 0 Å². The maximum atomic E-state index is 12.0. The minimum absolute atomic E-state index is 0.01000. The fourth-order valence-electron chi connectivity index (χ4n) is 2.50. The number of carbonyl (C=O) groups excluding carboxylic acids is 1. The number of aliphatic hydroxyl groups is 1. The smallest absolute Gasteiger partial charge is 0.330 e. The third-order valence-electron chi connectivity index (χ3n) is 3.76. The van der Waals surface area contributed by atoms with Crippen molar-refractivity contribution in [1.29, 1.82) is 0 Å². The van der Waals surface area contributed by atoms with Crippen molar-refractivity contribution in [2.75, 3.05) is 13.7 Å². The third kappa shape index (κ3) is 3.82. The Balaban J connectivity index is 2.27. The van der Waals surface area contributed by atoms with Gasteiger partial charge in [0, 0.05) is 29.5 Å². The van der Waals surface area contributed by atoms with Gasteiger partial charge in [-0.2, -0.15) is 0 Å². The molecular formula is C13H17N5O6. The normalized spacial score (nSPS) is 22.8. The van der Waals surface area contributed by atoms with E-state index in [2.05, 4.69) is 19.7 Å². The van der Waals surface area contributed by atoms with Crippen LogP contribution in [0.15, 0.2) is 20.9 Å². The second-order valence-corrected chi connectivity index (χ2v) is 5.22. The molecule has 0 amide bonds. The summed E-state index contributed by atoms with van der Waals surface area (Å²) in [6, 6.07) is -0.623. The van der Waals surface area contributed by atoms with E-state index in [1.165, 1.54) is 13.3 Å². The molecule has 1 aromatic rings. The number of aryl methyl sites for hydroxylation is 1. The molecule has 0 aromatic carbocycles. The highest BCUT2D eigenvalue weighted by Crippen LogP contribution is 2.29. The molecule has 11 nitrogen and oxygen atoms in total. The first-order valence-electron chi connectivity index (χ1n) is 7.21. The van der Waals surface area contributed by atoms with Gasteiger partial charge >= 0.3 is 11.7 Å². The summed E-state index contributed by atoms with van der Waals surface area (Å²) in [6.45, 7) is -0.368. The van der Waals surface area contributed by atoms with E-state index in [4.69, 9.17) is 10.3 Å². The van der Waals surface area contributed by atoms with E-state index < -0.39 is 35.6 Å². The van der Waals surface area contributed by atoms with Crippen molar-refractivity contribution in [1.82, 2.24) is 9.55 Å². The van der Waals surface area contributed by atoms with Gasteiger partial charge in [0.2, 0.25) is 0 Å². The molecule has 1 aromatic heterocycles. The minimum Gasteiger partial charge on any atom is -0.469 e. The average Bonchev–Trinajstić information content (AvgIpc) is 2.96. The maximum absolute atomic E-state index is 12.0. The van der Waals surface area contributed by atoms with E-state index in [9.17, 15) is 19.5 Å². The fraction of sp³-hybridized carbons (Fsp3) is 0.615. The number of nitrogens with zero attached hydrogens (tertiary/aromatic N) is 4. The topological polar surface area (TPSA) is 159 Å². The molecule has 1 fully saturated rings. The third-order valence-corrected chi connectivity index (χ3v) is 3.76. The van der Waals surface area contributed by atoms with Crippen LogP contribution >= 0.6 is 0 Å². The lowest BCUT2D eigenvalue weighted by Gasteiger charge is -2.15. The predicted molar refractivity (Wildman–Crippen MR) is 80.2 cm³/mol. The Labute approximate surface area is 135 Å². The number of hydrogen-bond acceptors (Lipinski definition) is 7. The van der Waals surface area contributed by atoms with E-state index in [0.29, 0.717) is 0 Å². The Hall–Kier alpha value is -2.62. The SMILES string of the molecule is COC(=O)CCc1cn([C@H]2CC(N=[N+]=[N-])[C@@H](CO)O2)c(=O)[nH]c1=O. The van der Waals surface area contributed by atoms with Crippen molar-refractivity contribution in [2.24, 2.45) is 5.11 Å². The number of rotatable bonds is 6. The van der Waals surface area contributed by atoms with Crippen LogP contribution in [0.4, 0.5) is 0 Å². The molecule has 2 heterocycles. The summed E-state index contributed by atoms with van der Waals surface area (Å²) in [5, 5.41) is 12.8. The zero-order valence-electron chi connectivity index (χ0n) is 12.9. The molecule has 0 spiro atoms. The summed E-state index contributed by atoms with van der Waals surface area (Å²) in [6.07, 6.45) is 0.0451. The maximum Gasteiger partial charge on any atom is 0.330 e. The number of carbonyl (C=O) groups is 1. The van der Waals surface area contributed by atoms with E-state index in [-0.39, 0.29) is 31.4 Å². The van der Waals surface area contributed by atoms with Crippen LogP contribution in [0, 0.1) is 0 Å². The molecule has 1 saturated heterocycles. The molecule has 0 saturated carbocycles. The number of aromatic nitrogens is 2. The Bertz CT molecular complexity index is 765. The van der Waals surface area contributed by atoms with Crippen LogP contribution in [-0.2, 0) is 20.7 Å². The van der Waals surface area contributed by atoms with Crippen molar-refractivity contribution in [3.05, 3.63) is 43.0 Å². The molecule has 1 aliphatic rings. The van der Waals surface area contributed by atoms with E-state index in [0.717, 1.165) is 4.57 Å². The summed E-state index contributed by atoms with van der Waals surface area (Å²) >= 11 is 0. The molecule has 1 aliphatic heterocycles. The molecule has 0 aliphatic carbocycles. The summed E-state index contributed by atoms with van der Waals surface area (Å²) in [5.74, 6) is -0.479. The van der Waals surface area contributed by atoms with Crippen molar-refractivity contribution in [3.8, 4) is 0 Å². The van der Waals surface area contributed by atoms with Gasteiger partial charge in [-0.05, 0) is 12.0 Å². The molecule has 130 valence electrons. The van der Waals surface area contributed by atoms with Gasteiger partial charge < -0.3 is 14.6 Å². The minimum atomic E-state index is -0.793. The summed E-state index contributed by atoms with van der Waals surface area (Å²) < 4.78 is 11.2. The highest BCUT2D eigenvalue weighted by Gasteiger charge is 2.35. The van der Waals surface area contributed by atoms with E-state index in [1.807, 2.05) is 0 Å². The zero-order chi connectivity index (χ0) is 17.7. The number of H-pyrrole nitrogens is 1. The number of hydrogen-bond donors (Lipinski definition) is 2. The number of esters is 1. The van der Waals surface area contributed by atoms with Gasteiger partial charge in [0.1, 0.15) is 6.23 Å². The van der Waals surface area contributed by atoms with Crippen molar-refractivity contribution < 1.29 is 19.4 Å². The summed E-state index contributed by atoms with van der Waals surface area (Å²) in [5.41, 5.74) is 7.47. The molecule has 24 heavy (non-hydrogen) atoms. The van der Waals surface area contributed by atoms with E-state index in [1.54, 1.807) is 0 Å². The fourth-order valence-corrected chi connectivity index (χ4v) is 2.50. The van der Waals surface area contributed by atoms with Gasteiger partial charge in [-0.25, -0.2) is 4.79 Å². The standard InChI is InChI=1S/C13H17N5O6/c1-23-11(20)3-2-7-5-18(13(22)15-12(7)21)10-4-8(16-17-14)9(6-19)24-10/h5,8-10,19H,2-4,6H2,1H3,(H,15,21,22)/t8?,9-,10-/m1/s1. The van der Waals surface area contributed by atoms with Gasteiger partial charge in [0.25, 0.3) is 5.56 Å². The lowest BCUT2D eigenvalue weighted by atomic mass is 10.1. The number of ether oxygens (including phenoxy) is 2. The van der Waals surface area contributed by atoms with Crippen LogP contribution in [-0.4, -0.2) is 46.5 Å². The molecule has 3 atom stereocenters. The molecular weight excluding hydrogens is 322 g/mol. The van der Waals surface area contributed by atoms with Crippen LogP contribution in [0.2, 0.25) is 0 Å². The number of nitrogens with one attached hydrogen (secondary N) is 1. The van der Waals surface area contributed by atoms with Crippen molar-refractivity contribution in [2.45, 2.75) is 37.6 Å². The van der Waals surface area contributed by atoms with Gasteiger partial charge in [0.05, 0.1) is 25.9 Å². The first-order valence-corrected chi connectivity index (χ1v) is 7.21. The Morgan fingerprint density at radius 1 is 1.62 bits per heavy atom. The van der Waals surface area contributed by atoms with Crippen LogP contribution in [0.25, 0.3) is 10.4 Å². The summed E-state index contributed by atoms with van der Waals surface area (Å²) in [4.78, 5) is 39.9. The highest BCUT2D eigenvalue weighted by molar-refractivity contribution is 5.69.